The molecule has 0 bridgehead atoms. The highest BCUT2D eigenvalue weighted by molar-refractivity contribution is 5.96. The highest BCUT2D eigenvalue weighted by Crippen LogP contribution is 2.24. The molecule has 0 aromatic heterocycles. The summed E-state index contributed by atoms with van der Waals surface area (Å²) in [4.78, 5) is 13.6. The predicted molar refractivity (Wildman–Crippen MR) is 67.8 cm³/mol. The summed E-state index contributed by atoms with van der Waals surface area (Å²) in [7, 11) is 1.61. The van der Waals surface area contributed by atoms with Crippen molar-refractivity contribution < 1.29 is 4.79 Å². The summed E-state index contributed by atoms with van der Waals surface area (Å²) in [5, 5.41) is 2.58. The summed E-state index contributed by atoms with van der Waals surface area (Å²) in [6, 6.07) is 5.40. The first-order valence-corrected chi connectivity index (χ1v) is 5.50. The quantitative estimate of drug-likeness (QED) is 0.757. The molecule has 1 rings (SSSR count). The average molecular weight is 221 g/mol. The molecule has 16 heavy (non-hydrogen) atoms. The molecule has 0 heterocycles. The van der Waals surface area contributed by atoms with Crippen LogP contribution in [0.2, 0.25) is 0 Å². The van der Waals surface area contributed by atoms with Crippen LogP contribution in [0, 0.1) is 0 Å². The van der Waals surface area contributed by atoms with Gasteiger partial charge in [-0.05, 0) is 32.0 Å². The number of nitrogens with two attached hydrogens (primary N) is 1. The van der Waals surface area contributed by atoms with Gasteiger partial charge in [0.25, 0.3) is 5.91 Å². The molecule has 0 aliphatic carbocycles. The Morgan fingerprint density at radius 1 is 1.38 bits per heavy atom. The molecule has 0 radical (unpaired) electrons. The van der Waals surface area contributed by atoms with Crippen LogP contribution in [0.1, 0.15) is 24.2 Å². The number of nitrogens with one attached hydrogen (secondary N) is 1. The predicted octanol–water partition coefficient (Wildman–Crippen LogP) is 1.47. The van der Waals surface area contributed by atoms with E-state index in [1.807, 2.05) is 6.07 Å². The van der Waals surface area contributed by atoms with Crippen LogP contribution in [0.4, 0.5) is 11.4 Å². The second-order valence-corrected chi connectivity index (χ2v) is 3.53. The van der Waals surface area contributed by atoms with E-state index in [9.17, 15) is 4.79 Å². The second kappa shape index (κ2) is 5.39. The van der Waals surface area contributed by atoms with Gasteiger partial charge in [0.2, 0.25) is 0 Å². The fourth-order valence-corrected chi connectivity index (χ4v) is 1.69. The Balaban J connectivity index is 3.04. The van der Waals surface area contributed by atoms with Gasteiger partial charge in [-0.2, -0.15) is 0 Å². The molecular weight excluding hydrogens is 202 g/mol. The number of hydrogen-bond acceptors (Lipinski definition) is 3. The first-order valence-electron chi connectivity index (χ1n) is 5.50. The van der Waals surface area contributed by atoms with Crippen molar-refractivity contribution in [2.45, 2.75) is 13.8 Å². The van der Waals surface area contributed by atoms with E-state index in [2.05, 4.69) is 24.1 Å². The van der Waals surface area contributed by atoms with Crippen LogP contribution in [0.15, 0.2) is 18.2 Å². The van der Waals surface area contributed by atoms with Crippen molar-refractivity contribution in [3.05, 3.63) is 23.8 Å². The third-order valence-electron chi connectivity index (χ3n) is 2.62. The van der Waals surface area contributed by atoms with Gasteiger partial charge in [-0.25, -0.2) is 0 Å². The molecule has 1 aromatic carbocycles. The zero-order valence-corrected chi connectivity index (χ0v) is 10.1. The van der Waals surface area contributed by atoms with Crippen molar-refractivity contribution >= 4 is 17.3 Å². The van der Waals surface area contributed by atoms with Gasteiger partial charge in [0, 0.05) is 25.7 Å². The molecule has 1 amide bonds. The Morgan fingerprint density at radius 2 is 2.00 bits per heavy atom. The SMILES string of the molecule is CCN(CC)c1ccc(C(=O)NC)cc1N. The molecule has 0 saturated carbocycles. The van der Waals surface area contributed by atoms with E-state index in [1.54, 1.807) is 19.2 Å². The monoisotopic (exact) mass is 221 g/mol. The van der Waals surface area contributed by atoms with Crippen molar-refractivity contribution in [1.82, 2.24) is 5.32 Å². The number of carbonyl (C=O) groups excluding carboxylic acids is 1. The van der Waals surface area contributed by atoms with Crippen LogP contribution >= 0.6 is 0 Å². The fourth-order valence-electron chi connectivity index (χ4n) is 1.69. The number of amides is 1. The van der Waals surface area contributed by atoms with E-state index < -0.39 is 0 Å². The Labute approximate surface area is 96.4 Å². The van der Waals surface area contributed by atoms with Crippen LogP contribution in [-0.2, 0) is 0 Å². The lowest BCUT2D eigenvalue weighted by Crippen LogP contribution is -2.23. The number of benzene rings is 1. The van der Waals surface area contributed by atoms with Gasteiger partial charge in [0.05, 0.1) is 11.4 Å². The van der Waals surface area contributed by atoms with Gasteiger partial charge in [-0.1, -0.05) is 0 Å². The van der Waals surface area contributed by atoms with Gasteiger partial charge in [-0.15, -0.1) is 0 Å². The summed E-state index contributed by atoms with van der Waals surface area (Å²) in [5.74, 6) is -0.113. The van der Waals surface area contributed by atoms with E-state index in [-0.39, 0.29) is 5.91 Å². The van der Waals surface area contributed by atoms with Gasteiger partial charge < -0.3 is 16.0 Å². The number of anilines is 2. The van der Waals surface area contributed by atoms with Crippen LogP contribution < -0.4 is 16.0 Å². The highest BCUT2D eigenvalue weighted by atomic mass is 16.1. The first-order chi connectivity index (χ1) is 7.63. The zero-order valence-electron chi connectivity index (χ0n) is 10.1. The van der Waals surface area contributed by atoms with Crippen molar-refractivity contribution in [3.63, 3.8) is 0 Å². The smallest absolute Gasteiger partial charge is 0.251 e. The molecule has 0 spiro atoms. The number of hydrogen-bond donors (Lipinski definition) is 2. The summed E-state index contributed by atoms with van der Waals surface area (Å²) >= 11 is 0. The van der Waals surface area contributed by atoms with Gasteiger partial charge >= 0.3 is 0 Å². The van der Waals surface area contributed by atoms with Gasteiger partial charge in [0.1, 0.15) is 0 Å². The summed E-state index contributed by atoms with van der Waals surface area (Å²) in [6.45, 7) is 5.96. The minimum atomic E-state index is -0.113. The topological polar surface area (TPSA) is 58.4 Å². The molecular formula is C12H19N3O. The van der Waals surface area contributed by atoms with E-state index in [0.29, 0.717) is 11.3 Å². The molecule has 88 valence electrons. The first kappa shape index (κ1) is 12.4. The van der Waals surface area contributed by atoms with Crippen molar-refractivity contribution in [1.29, 1.82) is 0 Å². The number of nitrogen functional groups attached to an aromatic ring is 1. The molecule has 0 saturated heterocycles. The molecule has 0 atom stereocenters. The maximum absolute atomic E-state index is 11.4. The number of carbonyl (C=O) groups is 1. The average Bonchev–Trinajstić information content (AvgIpc) is 2.31. The largest absolute Gasteiger partial charge is 0.397 e. The fraction of sp³-hybridized carbons (Fsp3) is 0.417. The standard InChI is InChI=1S/C12H19N3O/c1-4-15(5-2)11-7-6-9(8-10(11)13)12(16)14-3/h6-8H,4-5,13H2,1-3H3,(H,14,16). The van der Waals surface area contributed by atoms with Crippen molar-refractivity contribution in [2.24, 2.45) is 0 Å². The second-order valence-electron chi connectivity index (χ2n) is 3.53. The van der Waals surface area contributed by atoms with Crippen molar-refractivity contribution in [3.8, 4) is 0 Å². The maximum Gasteiger partial charge on any atom is 0.251 e. The zero-order chi connectivity index (χ0) is 12.1. The van der Waals surface area contributed by atoms with E-state index in [0.717, 1.165) is 18.8 Å². The molecule has 1 aromatic rings. The Morgan fingerprint density at radius 3 is 2.44 bits per heavy atom. The lowest BCUT2D eigenvalue weighted by atomic mass is 10.1. The minimum Gasteiger partial charge on any atom is -0.397 e. The Hall–Kier alpha value is -1.71. The van der Waals surface area contributed by atoms with Crippen LogP contribution in [-0.4, -0.2) is 26.0 Å². The molecule has 0 unspecified atom stereocenters. The highest BCUT2D eigenvalue weighted by Gasteiger charge is 2.09. The number of rotatable bonds is 4. The third kappa shape index (κ3) is 2.45. The Bertz CT molecular complexity index is 373. The van der Waals surface area contributed by atoms with Crippen LogP contribution in [0.25, 0.3) is 0 Å². The maximum atomic E-state index is 11.4. The van der Waals surface area contributed by atoms with Gasteiger partial charge in [-0.3, -0.25) is 4.79 Å². The van der Waals surface area contributed by atoms with E-state index >= 15 is 0 Å². The number of nitrogens with zero attached hydrogens (tertiary/aromatic N) is 1. The summed E-state index contributed by atoms with van der Waals surface area (Å²) in [5.41, 5.74) is 8.16. The van der Waals surface area contributed by atoms with Crippen molar-refractivity contribution in [2.75, 3.05) is 30.8 Å². The van der Waals surface area contributed by atoms with Gasteiger partial charge in [0.15, 0.2) is 0 Å². The molecule has 4 heteroatoms. The molecule has 4 nitrogen and oxygen atoms in total. The summed E-state index contributed by atoms with van der Waals surface area (Å²) in [6.07, 6.45) is 0. The lowest BCUT2D eigenvalue weighted by Gasteiger charge is -2.23. The van der Waals surface area contributed by atoms with E-state index in [1.165, 1.54) is 0 Å². The third-order valence-corrected chi connectivity index (χ3v) is 2.62. The Kier molecular flexibility index (Phi) is 4.17. The minimum absolute atomic E-state index is 0.113. The van der Waals surface area contributed by atoms with Crippen LogP contribution in [0.3, 0.4) is 0 Å². The normalized spacial score (nSPS) is 9.94. The molecule has 3 N–H and O–H groups in total. The molecule has 0 fully saturated rings. The molecule has 0 aliphatic rings. The summed E-state index contributed by atoms with van der Waals surface area (Å²) < 4.78 is 0. The van der Waals surface area contributed by atoms with E-state index in [4.69, 9.17) is 5.73 Å². The lowest BCUT2D eigenvalue weighted by molar-refractivity contribution is 0.0963. The molecule has 0 aliphatic heterocycles. The van der Waals surface area contributed by atoms with Crippen LogP contribution in [0.5, 0.6) is 0 Å².